The van der Waals surface area contributed by atoms with Crippen molar-refractivity contribution in [2.45, 2.75) is 42.0 Å². The van der Waals surface area contributed by atoms with Gasteiger partial charge in [-0.05, 0) is 36.2 Å². The van der Waals surface area contributed by atoms with E-state index in [0.29, 0.717) is 12.1 Å². The van der Waals surface area contributed by atoms with Gasteiger partial charge in [-0.3, -0.25) is 14.4 Å². The van der Waals surface area contributed by atoms with Crippen LogP contribution < -0.4 is 10.6 Å². The zero-order chi connectivity index (χ0) is 23.5. The number of likely N-dealkylation sites (tertiary alicyclic amines) is 1. The fraction of sp³-hybridized carbons (Fsp3) is 0.458. The number of hydrogen-bond acceptors (Lipinski definition) is 5. The standard InChI is InChI=1S/C24H26BrN3O5/c1-12(11-29)28-20(22(31)27-15-8-7-13-5-3-4-6-14(13)9-15)24-10-16(25)19(33-24)17(21(30)26-2)18(24)23(28)32/h3-9,12,16-20,29H,10-11H2,1-2H3,(H,26,30)(H,27,31)/t12-,16?,17-,18+,19-,20?,24?/m1/s1. The van der Waals surface area contributed by atoms with Crippen molar-refractivity contribution in [3.63, 3.8) is 0 Å². The molecule has 2 aromatic rings. The summed E-state index contributed by atoms with van der Waals surface area (Å²) in [7, 11) is 1.53. The zero-order valence-electron chi connectivity index (χ0n) is 18.3. The number of halogens is 1. The van der Waals surface area contributed by atoms with E-state index < -0.39 is 35.6 Å². The van der Waals surface area contributed by atoms with Crippen molar-refractivity contribution < 1.29 is 24.2 Å². The number of amides is 3. The van der Waals surface area contributed by atoms with Gasteiger partial charge in [-0.2, -0.15) is 0 Å². The lowest BCUT2D eigenvalue weighted by Gasteiger charge is -2.35. The molecule has 1 spiro atoms. The van der Waals surface area contributed by atoms with Crippen LogP contribution >= 0.6 is 15.9 Å². The number of benzene rings is 2. The number of alkyl halides is 1. The second-order valence-corrected chi connectivity index (χ2v) is 10.3. The fourth-order valence-electron chi connectivity index (χ4n) is 5.87. The molecular weight excluding hydrogens is 490 g/mol. The van der Waals surface area contributed by atoms with Gasteiger partial charge in [0.2, 0.25) is 17.7 Å². The minimum absolute atomic E-state index is 0.163. The molecule has 33 heavy (non-hydrogen) atoms. The molecule has 3 aliphatic rings. The second kappa shape index (κ2) is 8.07. The Morgan fingerprint density at radius 1 is 1.24 bits per heavy atom. The van der Waals surface area contributed by atoms with Crippen LogP contribution in [-0.2, 0) is 19.1 Å². The highest BCUT2D eigenvalue weighted by Gasteiger charge is 2.76. The molecule has 3 amide bonds. The van der Waals surface area contributed by atoms with Gasteiger partial charge >= 0.3 is 0 Å². The smallest absolute Gasteiger partial charge is 0.250 e. The van der Waals surface area contributed by atoms with E-state index in [1.54, 1.807) is 6.92 Å². The molecule has 3 heterocycles. The van der Waals surface area contributed by atoms with Crippen LogP contribution in [0.15, 0.2) is 42.5 Å². The van der Waals surface area contributed by atoms with E-state index >= 15 is 0 Å². The molecule has 5 rings (SSSR count). The number of nitrogens with zero attached hydrogens (tertiary/aromatic N) is 1. The van der Waals surface area contributed by atoms with Gasteiger partial charge in [-0.15, -0.1) is 0 Å². The molecule has 3 unspecified atom stereocenters. The Morgan fingerprint density at radius 3 is 2.67 bits per heavy atom. The van der Waals surface area contributed by atoms with Gasteiger partial charge in [0.1, 0.15) is 11.6 Å². The van der Waals surface area contributed by atoms with Crippen molar-refractivity contribution in [3.05, 3.63) is 42.5 Å². The lowest BCUT2D eigenvalue weighted by Crippen LogP contribution is -2.56. The minimum Gasteiger partial charge on any atom is -0.394 e. The molecule has 9 heteroatoms. The highest BCUT2D eigenvalue weighted by molar-refractivity contribution is 9.09. The molecule has 174 valence electrons. The van der Waals surface area contributed by atoms with Crippen LogP contribution in [0.5, 0.6) is 0 Å². The second-order valence-electron chi connectivity index (χ2n) is 9.11. The largest absolute Gasteiger partial charge is 0.394 e. The number of carbonyl (C=O) groups is 3. The molecule has 7 atom stereocenters. The minimum atomic E-state index is -1.14. The zero-order valence-corrected chi connectivity index (χ0v) is 19.9. The third-order valence-corrected chi connectivity index (χ3v) is 8.13. The van der Waals surface area contributed by atoms with Crippen LogP contribution in [0.2, 0.25) is 0 Å². The summed E-state index contributed by atoms with van der Waals surface area (Å²) in [4.78, 5) is 41.3. The summed E-state index contributed by atoms with van der Waals surface area (Å²) in [6, 6.07) is 11.9. The van der Waals surface area contributed by atoms with Crippen molar-refractivity contribution in [2.75, 3.05) is 19.0 Å². The van der Waals surface area contributed by atoms with E-state index in [1.807, 2.05) is 42.5 Å². The van der Waals surface area contributed by atoms with Gasteiger partial charge < -0.3 is 25.4 Å². The summed E-state index contributed by atoms with van der Waals surface area (Å²) < 4.78 is 6.36. The summed E-state index contributed by atoms with van der Waals surface area (Å²) in [5.41, 5.74) is -0.536. The first-order valence-corrected chi connectivity index (χ1v) is 12.0. The number of aliphatic hydroxyl groups excluding tert-OH is 1. The van der Waals surface area contributed by atoms with Crippen LogP contribution in [0, 0.1) is 11.8 Å². The molecule has 0 aliphatic carbocycles. The predicted molar refractivity (Wildman–Crippen MR) is 126 cm³/mol. The summed E-state index contributed by atoms with van der Waals surface area (Å²) >= 11 is 3.61. The predicted octanol–water partition coefficient (Wildman–Crippen LogP) is 1.65. The third-order valence-electron chi connectivity index (χ3n) is 7.28. The van der Waals surface area contributed by atoms with E-state index in [1.165, 1.54) is 11.9 Å². The van der Waals surface area contributed by atoms with Crippen LogP contribution in [0.1, 0.15) is 13.3 Å². The molecule has 3 saturated heterocycles. The molecule has 0 radical (unpaired) electrons. The van der Waals surface area contributed by atoms with Gasteiger partial charge in [-0.1, -0.05) is 46.3 Å². The fourth-order valence-corrected chi connectivity index (χ4v) is 6.82. The van der Waals surface area contributed by atoms with E-state index in [4.69, 9.17) is 4.74 Å². The lowest BCUT2D eigenvalue weighted by atomic mass is 9.70. The summed E-state index contributed by atoms with van der Waals surface area (Å²) in [5, 5.41) is 17.5. The SMILES string of the molecule is CNC(=O)[C@H]1[C@@H]2OC3(CC2Br)C(C(=O)Nc2ccc4ccccc4c2)N([C@H](C)CO)C(=O)[C@H]13. The molecule has 2 bridgehead atoms. The number of fused-ring (bicyclic) bond motifs is 2. The molecule has 3 N–H and O–H groups in total. The third kappa shape index (κ3) is 3.20. The molecular formula is C24H26BrN3O5. The first-order chi connectivity index (χ1) is 15.8. The van der Waals surface area contributed by atoms with Crippen molar-refractivity contribution in [3.8, 4) is 0 Å². The van der Waals surface area contributed by atoms with Gasteiger partial charge in [-0.25, -0.2) is 0 Å². The summed E-state index contributed by atoms with van der Waals surface area (Å²) in [6.07, 6.45) is -0.0760. The number of nitrogens with one attached hydrogen (secondary N) is 2. The van der Waals surface area contributed by atoms with Crippen LogP contribution in [0.3, 0.4) is 0 Å². The van der Waals surface area contributed by atoms with Crippen LogP contribution in [0.4, 0.5) is 5.69 Å². The summed E-state index contributed by atoms with van der Waals surface area (Å²) in [6.45, 7) is 1.39. The first-order valence-electron chi connectivity index (χ1n) is 11.1. The molecule has 2 aromatic carbocycles. The Balaban J connectivity index is 1.54. The van der Waals surface area contributed by atoms with Crippen LogP contribution in [-0.4, -0.2) is 70.0 Å². The number of aliphatic hydroxyl groups is 1. The number of rotatable bonds is 5. The lowest BCUT2D eigenvalue weighted by molar-refractivity contribution is -0.143. The van der Waals surface area contributed by atoms with Crippen molar-refractivity contribution in [2.24, 2.45) is 11.8 Å². The number of carbonyl (C=O) groups excluding carboxylic acids is 3. The van der Waals surface area contributed by atoms with E-state index in [9.17, 15) is 19.5 Å². The number of hydrogen-bond donors (Lipinski definition) is 3. The Labute approximate surface area is 199 Å². The Bertz CT molecular complexity index is 1140. The number of anilines is 1. The van der Waals surface area contributed by atoms with Gasteiger partial charge in [0.05, 0.1) is 30.6 Å². The van der Waals surface area contributed by atoms with Crippen molar-refractivity contribution in [1.29, 1.82) is 0 Å². The average Bonchev–Trinajstić information content (AvgIpc) is 3.41. The highest BCUT2D eigenvalue weighted by Crippen LogP contribution is 2.60. The molecule has 0 aromatic heterocycles. The first kappa shape index (κ1) is 22.3. The summed E-state index contributed by atoms with van der Waals surface area (Å²) in [5.74, 6) is -2.48. The molecule has 3 aliphatic heterocycles. The Hall–Kier alpha value is -2.49. The maximum absolute atomic E-state index is 13.7. The van der Waals surface area contributed by atoms with Gasteiger partial charge in [0, 0.05) is 17.6 Å². The highest BCUT2D eigenvalue weighted by atomic mass is 79.9. The van der Waals surface area contributed by atoms with E-state index in [-0.39, 0.29) is 29.2 Å². The van der Waals surface area contributed by atoms with Crippen molar-refractivity contribution >= 4 is 50.1 Å². The number of ether oxygens (including phenoxy) is 1. The Morgan fingerprint density at radius 2 is 1.97 bits per heavy atom. The molecule has 0 saturated carbocycles. The normalized spacial score (nSPS) is 33.3. The topological polar surface area (TPSA) is 108 Å². The van der Waals surface area contributed by atoms with Gasteiger partial charge in [0.25, 0.3) is 0 Å². The average molecular weight is 516 g/mol. The van der Waals surface area contributed by atoms with Crippen molar-refractivity contribution in [1.82, 2.24) is 10.2 Å². The maximum atomic E-state index is 13.7. The molecule has 3 fully saturated rings. The monoisotopic (exact) mass is 515 g/mol. The van der Waals surface area contributed by atoms with Gasteiger partial charge in [0.15, 0.2) is 0 Å². The Kier molecular flexibility index (Phi) is 5.46. The maximum Gasteiger partial charge on any atom is 0.250 e. The molecule has 8 nitrogen and oxygen atoms in total. The quantitative estimate of drug-likeness (QED) is 0.524. The van der Waals surface area contributed by atoms with E-state index in [2.05, 4.69) is 26.6 Å². The van der Waals surface area contributed by atoms with Crippen LogP contribution in [0.25, 0.3) is 10.8 Å². The van der Waals surface area contributed by atoms with E-state index in [0.717, 1.165) is 10.8 Å².